The molecule has 0 saturated heterocycles. The first-order chi connectivity index (χ1) is 10.4. The Bertz CT molecular complexity index is 767. The lowest BCUT2D eigenvalue weighted by molar-refractivity contribution is 0.644. The minimum Gasteiger partial charge on any atom is -0.312 e. The van der Waals surface area contributed by atoms with Crippen molar-refractivity contribution in [3.63, 3.8) is 0 Å². The quantitative estimate of drug-likeness (QED) is 0.789. The van der Waals surface area contributed by atoms with Crippen LogP contribution in [0.4, 0.5) is 0 Å². The van der Waals surface area contributed by atoms with Crippen LogP contribution in [0.15, 0.2) is 42.0 Å². The molecule has 0 spiro atoms. The lowest BCUT2D eigenvalue weighted by Gasteiger charge is -2.17. The summed E-state index contributed by atoms with van der Waals surface area (Å²) < 4.78 is 0. The van der Waals surface area contributed by atoms with Crippen LogP contribution < -0.4 is 5.32 Å². The van der Waals surface area contributed by atoms with Crippen molar-refractivity contribution >= 4 is 11.3 Å². The SMILES string of the molecule is c1cnc(-c2nc(-c3ccc4c(c3)CCNC4)cs2)nc1. The Morgan fingerprint density at radius 3 is 2.90 bits per heavy atom. The van der Waals surface area contributed by atoms with E-state index in [2.05, 4.69) is 43.8 Å². The van der Waals surface area contributed by atoms with Crippen molar-refractivity contribution in [2.45, 2.75) is 13.0 Å². The molecule has 1 aliphatic heterocycles. The highest BCUT2D eigenvalue weighted by molar-refractivity contribution is 7.13. The molecule has 5 heteroatoms. The molecular weight excluding hydrogens is 280 g/mol. The van der Waals surface area contributed by atoms with Gasteiger partial charge in [-0.15, -0.1) is 11.3 Å². The zero-order valence-electron chi connectivity index (χ0n) is 11.4. The molecule has 0 fully saturated rings. The van der Waals surface area contributed by atoms with Crippen molar-refractivity contribution < 1.29 is 0 Å². The molecule has 0 radical (unpaired) electrons. The molecule has 1 aliphatic rings. The van der Waals surface area contributed by atoms with Crippen LogP contribution in [0.25, 0.3) is 22.1 Å². The van der Waals surface area contributed by atoms with Gasteiger partial charge in [-0.05, 0) is 36.2 Å². The van der Waals surface area contributed by atoms with Gasteiger partial charge in [-0.2, -0.15) is 0 Å². The summed E-state index contributed by atoms with van der Waals surface area (Å²) >= 11 is 1.59. The second-order valence-electron chi connectivity index (χ2n) is 5.02. The van der Waals surface area contributed by atoms with Crippen molar-refractivity contribution in [1.29, 1.82) is 0 Å². The smallest absolute Gasteiger partial charge is 0.188 e. The van der Waals surface area contributed by atoms with E-state index in [-0.39, 0.29) is 0 Å². The summed E-state index contributed by atoms with van der Waals surface area (Å²) in [4.78, 5) is 13.2. The molecule has 3 heterocycles. The van der Waals surface area contributed by atoms with Crippen molar-refractivity contribution in [2.24, 2.45) is 0 Å². The molecule has 0 unspecified atom stereocenters. The fourth-order valence-electron chi connectivity index (χ4n) is 2.56. The number of thiazole rings is 1. The molecule has 4 nitrogen and oxygen atoms in total. The second kappa shape index (κ2) is 5.35. The molecule has 21 heavy (non-hydrogen) atoms. The van der Waals surface area contributed by atoms with Gasteiger partial charge in [0.05, 0.1) is 5.69 Å². The standard InChI is InChI=1S/C16H14N4S/c1-5-18-15(19-6-1)16-20-14(10-21-16)12-2-3-13-9-17-7-4-11(13)8-12/h1-3,5-6,8,10,17H,4,7,9H2. The highest BCUT2D eigenvalue weighted by Crippen LogP contribution is 2.28. The van der Waals surface area contributed by atoms with Crippen molar-refractivity contribution in [2.75, 3.05) is 6.54 Å². The maximum Gasteiger partial charge on any atom is 0.188 e. The van der Waals surface area contributed by atoms with Gasteiger partial charge in [0.2, 0.25) is 0 Å². The van der Waals surface area contributed by atoms with Crippen LogP contribution in [0.5, 0.6) is 0 Å². The number of rotatable bonds is 2. The average Bonchev–Trinajstić information content (AvgIpc) is 3.05. The number of nitrogens with one attached hydrogen (secondary N) is 1. The third kappa shape index (κ3) is 2.46. The van der Waals surface area contributed by atoms with E-state index in [1.807, 2.05) is 6.07 Å². The first-order valence-corrected chi connectivity index (χ1v) is 7.84. The van der Waals surface area contributed by atoms with Crippen LogP contribution in [0.1, 0.15) is 11.1 Å². The van der Waals surface area contributed by atoms with Crippen LogP contribution in [0.3, 0.4) is 0 Å². The summed E-state index contributed by atoms with van der Waals surface area (Å²) in [5.41, 5.74) is 5.00. The number of hydrogen-bond acceptors (Lipinski definition) is 5. The van der Waals surface area contributed by atoms with Gasteiger partial charge in [-0.1, -0.05) is 12.1 Å². The summed E-state index contributed by atoms with van der Waals surface area (Å²) in [5, 5.41) is 6.34. The molecular formula is C16H14N4S. The van der Waals surface area contributed by atoms with Gasteiger partial charge in [0, 0.05) is 29.9 Å². The molecule has 2 aromatic heterocycles. The Morgan fingerprint density at radius 1 is 1.10 bits per heavy atom. The Labute approximate surface area is 126 Å². The van der Waals surface area contributed by atoms with Crippen molar-refractivity contribution in [1.82, 2.24) is 20.3 Å². The van der Waals surface area contributed by atoms with E-state index in [4.69, 9.17) is 0 Å². The molecule has 0 saturated carbocycles. The maximum atomic E-state index is 4.68. The van der Waals surface area contributed by atoms with Crippen LogP contribution in [0.2, 0.25) is 0 Å². The Hall–Kier alpha value is -2.11. The summed E-state index contributed by atoms with van der Waals surface area (Å²) in [6, 6.07) is 8.43. The predicted molar refractivity (Wildman–Crippen MR) is 84.0 cm³/mol. The van der Waals surface area contributed by atoms with Crippen molar-refractivity contribution in [3.8, 4) is 22.1 Å². The van der Waals surface area contributed by atoms with Gasteiger partial charge < -0.3 is 5.32 Å². The zero-order chi connectivity index (χ0) is 14.1. The number of benzene rings is 1. The molecule has 104 valence electrons. The van der Waals surface area contributed by atoms with E-state index >= 15 is 0 Å². The van der Waals surface area contributed by atoms with Crippen LogP contribution in [-0.2, 0) is 13.0 Å². The lowest BCUT2D eigenvalue weighted by atomic mass is 9.98. The van der Waals surface area contributed by atoms with Crippen molar-refractivity contribution in [3.05, 3.63) is 53.2 Å². The number of hydrogen-bond donors (Lipinski definition) is 1. The molecule has 4 rings (SSSR count). The van der Waals surface area contributed by atoms with E-state index in [0.29, 0.717) is 5.82 Å². The Balaban J connectivity index is 1.70. The fourth-order valence-corrected chi connectivity index (χ4v) is 3.33. The minimum absolute atomic E-state index is 0.691. The van der Waals surface area contributed by atoms with Crippen LogP contribution >= 0.6 is 11.3 Å². The zero-order valence-corrected chi connectivity index (χ0v) is 12.2. The van der Waals surface area contributed by atoms with Crippen LogP contribution in [-0.4, -0.2) is 21.5 Å². The van der Waals surface area contributed by atoms with Gasteiger partial charge in [-0.3, -0.25) is 0 Å². The first-order valence-electron chi connectivity index (χ1n) is 6.96. The third-order valence-corrected chi connectivity index (χ3v) is 4.49. The Morgan fingerprint density at radius 2 is 2.00 bits per heavy atom. The highest BCUT2D eigenvalue weighted by atomic mass is 32.1. The number of aromatic nitrogens is 3. The molecule has 1 aromatic carbocycles. The van der Waals surface area contributed by atoms with Gasteiger partial charge in [-0.25, -0.2) is 15.0 Å². The normalized spacial score (nSPS) is 13.9. The largest absolute Gasteiger partial charge is 0.312 e. The van der Waals surface area contributed by atoms with E-state index in [1.54, 1.807) is 23.7 Å². The summed E-state index contributed by atoms with van der Waals surface area (Å²) in [7, 11) is 0. The molecule has 3 aromatic rings. The second-order valence-corrected chi connectivity index (χ2v) is 5.88. The number of fused-ring (bicyclic) bond motifs is 1. The highest BCUT2D eigenvalue weighted by Gasteiger charge is 2.12. The minimum atomic E-state index is 0.691. The molecule has 1 N–H and O–H groups in total. The average molecular weight is 294 g/mol. The lowest BCUT2D eigenvalue weighted by Crippen LogP contribution is -2.23. The topological polar surface area (TPSA) is 50.7 Å². The summed E-state index contributed by atoms with van der Waals surface area (Å²) in [6.45, 7) is 2.02. The molecule has 0 atom stereocenters. The Kier molecular flexibility index (Phi) is 3.21. The predicted octanol–water partition coefficient (Wildman–Crippen LogP) is 2.91. The molecule has 0 amide bonds. The van der Waals surface area contributed by atoms with E-state index in [9.17, 15) is 0 Å². The van der Waals surface area contributed by atoms with E-state index in [1.165, 1.54) is 16.7 Å². The van der Waals surface area contributed by atoms with E-state index < -0.39 is 0 Å². The van der Waals surface area contributed by atoms with Gasteiger partial charge >= 0.3 is 0 Å². The van der Waals surface area contributed by atoms with Gasteiger partial charge in [0.25, 0.3) is 0 Å². The maximum absolute atomic E-state index is 4.68. The van der Waals surface area contributed by atoms with Gasteiger partial charge in [0.15, 0.2) is 10.8 Å². The fraction of sp³-hybridized carbons (Fsp3) is 0.188. The first kappa shape index (κ1) is 12.6. The van der Waals surface area contributed by atoms with Gasteiger partial charge in [0.1, 0.15) is 0 Å². The molecule has 0 bridgehead atoms. The summed E-state index contributed by atoms with van der Waals surface area (Å²) in [5.74, 6) is 0.691. The van der Waals surface area contributed by atoms with E-state index in [0.717, 1.165) is 30.2 Å². The number of nitrogens with zero attached hydrogens (tertiary/aromatic N) is 3. The summed E-state index contributed by atoms with van der Waals surface area (Å²) in [6.07, 6.45) is 4.58. The van der Waals surface area contributed by atoms with Crippen LogP contribution in [0, 0.1) is 0 Å². The molecule has 0 aliphatic carbocycles. The third-order valence-electron chi connectivity index (χ3n) is 3.65. The monoisotopic (exact) mass is 294 g/mol.